The number of hydrogen-bond acceptors (Lipinski definition) is 6. The minimum Gasteiger partial charge on any atom is -0.363 e. The van der Waals surface area contributed by atoms with Crippen LogP contribution >= 0.6 is 0 Å². The van der Waals surface area contributed by atoms with E-state index in [4.69, 9.17) is 5.73 Å². The molecule has 12 heteroatoms. The van der Waals surface area contributed by atoms with Crippen LogP contribution in [-0.4, -0.2) is 71.1 Å². The van der Waals surface area contributed by atoms with E-state index in [0.717, 1.165) is 50.5 Å². The van der Waals surface area contributed by atoms with Gasteiger partial charge < -0.3 is 31.9 Å². The highest BCUT2D eigenvalue weighted by Crippen LogP contribution is 2.65. The molecule has 0 aromatic heterocycles. The van der Waals surface area contributed by atoms with Crippen molar-refractivity contribution in [2.75, 3.05) is 6.54 Å². The molecule has 49 heavy (non-hydrogen) atoms. The van der Waals surface area contributed by atoms with Crippen LogP contribution in [0.3, 0.4) is 0 Å². The summed E-state index contributed by atoms with van der Waals surface area (Å²) in [5.74, 6) is -2.97. The molecule has 1 heterocycles. The third kappa shape index (κ3) is 8.10. The Hall–Kier alpha value is -3.96. The van der Waals surface area contributed by atoms with Crippen molar-refractivity contribution in [2.45, 2.75) is 117 Å². The maximum Gasteiger partial charge on any atom is 0.316 e. The van der Waals surface area contributed by atoms with E-state index in [1.54, 1.807) is 0 Å². The maximum absolute atomic E-state index is 14.4. The molecule has 268 valence electrons. The minimum absolute atomic E-state index is 0.0256. The molecule has 6 N–H and O–H groups in total. The second-order valence-electron chi connectivity index (χ2n) is 16.4. The predicted octanol–water partition coefficient (Wildman–Crippen LogP) is 2.79. The molecule has 6 amide bonds. The van der Waals surface area contributed by atoms with Crippen LogP contribution in [0.15, 0.2) is 30.3 Å². The van der Waals surface area contributed by atoms with Crippen molar-refractivity contribution < 1.29 is 28.8 Å². The van der Waals surface area contributed by atoms with Crippen LogP contribution in [0.25, 0.3) is 0 Å². The number of ketones is 1. The molecule has 5 rings (SSSR count). The van der Waals surface area contributed by atoms with Gasteiger partial charge in [0, 0.05) is 13.1 Å². The van der Waals surface area contributed by atoms with Gasteiger partial charge in [0.1, 0.15) is 18.1 Å². The van der Waals surface area contributed by atoms with Crippen molar-refractivity contribution >= 4 is 35.4 Å². The Bertz CT molecular complexity index is 1430. The minimum atomic E-state index is -1.10. The van der Waals surface area contributed by atoms with Crippen LogP contribution in [-0.2, 0) is 30.5 Å². The fourth-order valence-electron chi connectivity index (χ4n) is 8.25. The first kappa shape index (κ1) is 36.3. The summed E-state index contributed by atoms with van der Waals surface area (Å²) < 4.78 is 0. The average Bonchev–Trinajstić information content (AvgIpc) is 3.47. The van der Waals surface area contributed by atoms with E-state index >= 15 is 0 Å². The highest BCUT2D eigenvalue weighted by atomic mass is 16.2. The number of fused-ring (bicyclic) bond motifs is 1. The lowest BCUT2D eigenvalue weighted by Gasteiger charge is -2.38. The maximum atomic E-state index is 14.4. The monoisotopic (exact) mass is 678 g/mol. The summed E-state index contributed by atoms with van der Waals surface area (Å²) in [6.45, 7) is 10.3. The summed E-state index contributed by atoms with van der Waals surface area (Å²) in [4.78, 5) is 81.6. The summed E-state index contributed by atoms with van der Waals surface area (Å²) in [5, 5.41) is 11.5. The first-order valence-electron chi connectivity index (χ1n) is 17.9. The Kier molecular flexibility index (Phi) is 10.7. The number of hydrogen-bond donors (Lipinski definition) is 5. The number of carbonyl (C=O) groups is 6. The van der Waals surface area contributed by atoms with E-state index < -0.39 is 59.1 Å². The first-order chi connectivity index (χ1) is 23.1. The van der Waals surface area contributed by atoms with Crippen molar-refractivity contribution in [3.05, 3.63) is 35.9 Å². The van der Waals surface area contributed by atoms with Crippen LogP contribution in [0, 0.1) is 34.5 Å². The molecule has 3 saturated carbocycles. The summed E-state index contributed by atoms with van der Waals surface area (Å²) >= 11 is 0. The Morgan fingerprint density at radius 1 is 0.918 bits per heavy atom. The van der Waals surface area contributed by atoms with Crippen LogP contribution in [0.1, 0.15) is 91.5 Å². The number of piperidine rings is 1. The topological polar surface area (TPSA) is 180 Å². The zero-order valence-electron chi connectivity index (χ0n) is 29.6. The van der Waals surface area contributed by atoms with Crippen LogP contribution in [0.5, 0.6) is 0 Å². The molecule has 4 aliphatic rings. The molecule has 6 atom stereocenters. The van der Waals surface area contributed by atoms with E-state index in [-0.39, 0.29) is 35.0 Å². The quantitative estimate of drug-likeness (QED) is 0.200. The second kappa shape index (κ2) is 14.5. The van der Waals surface area contributed by atoms with Gasteiger partial charge in [0.25, 0.3) is 5.91 Å². The molecular weight excluding hydrogens is 624 g/mol. The van der Waals surface area contributed by atoms with Gasteiger partial charge in [-0.3, -0.25) is 24.0 Å². The van der Waals surface area contributed by atoms with Gasteiger partial charge in [-0.1, -0.05) is 97.1 Å². The Labute approximate surface area is 289 Å². The van der Waals surface area contributed by atoms with Crippen molar-refractivity contribution in [1.29, 1.82) is 0 Å². The third-order valence-corrected chi connectivity index (χ3v) is 11.6. The SMILES string of the molecule is CC(C)(C)[C@H](NC(=O)N[C@H](C(=O)NCc1ccccc1)C1CCCC1)C(=O)N1C[C@H]2[C@@H]([C@H]1C(=O)NC(CC1CCC1)C(=O)C(N)=O)C2(C)C. The number of urea groups is 1. The van der Waals surface area contributed by atoms with Gasteiger partial charge in [-0.2, -0.15) is 0 Å². The highest BCUT2D eigenvalue weighted by Gasteiger charge is 2.70. The standard InChI is InChI=1S/C37H54N6O6/c1-36(2,3)30(42-35(49)41-27(23-16-9-10-17-23)32(46)39-19-22-12-7-6-8-13-22)34(48)43-20-24-26(37(24,4)5)28(43)33(47)40-25(29(44)31(38)45)18-21-14-11-15-21/h6-8,12-13,21,23-28,30H,9-11,14-20H2,1-5H3,(H2,38,45)(H,39,46)(H,40,47)(H2,41,42,49)/t24-,25?,26-,27-,28-,30+/m0/s1. The number of Topliss-reactive ketones (excluding diaryl/α,β-unsaturated/α-hetero) is 1. The smallest absolute Gasteiger partial charge is 0.316 e. The molecule has 0 radical (unpaired) electrons. The lowest BCUT2D eigenvalue weighted by Crippen LogP contribution is -2.62. The predicted molar refractivity (Wildman–Crippen MR) is 183 cm³/mol. The van der Waals surface area contributed by atoms with Gasteiger partial charge in [0.15, 0.2) is 0 Å². The van der Waals surface area contributed by atoms with Gasteiger partial charge >= 0.3 is 6.03 Å². The molecular formula is C37H54N6O6. The number of benzene rings is 1. The third-order valence-electron chi connectivity index (χ3n) is 11.6. The zero-order valence-corrected chi connectivity index (χ0v) is 29.6. The van der Waals surface area contributed by atoms with Gasteiger partial charge in [-0.25, -0.2) is 4.79 Å². The van der Waals surface area contributed by atoms with Crippen LogP contribution in [0.2, 0.25) is 0 Å². The number of nitrogens with one attached hydrogen (secondary N) is 4. The molecule has 12 nitrogen and oxygen atoms in total. The molecule has 1 aromatic carbocycles. The van der Waals surface area contributed by atoms with Crippen molar-refractivity contribution in [3.63, 3.8) is 0 Å². The number of nitrogens with zero attached hydrogens (tertiary/aromatic N) is 1. The number of likely N-dealkylation sites (tertiary alicyclic amines) is 1. The largest absolute Gasteiger partial charge is 0.363 e. The molecule has 1 unspecified atom stereocenters. The van der Waals surface area contributed by atoms with E-state index in [9.17, 15) is 28.8 Å². The van der Waals surface area contributed by atoms with Crippen molar-refractivity contribution in [2.24, 2.45) is 40.2 Å². The van der Waals surface area contributed by atoms with Gasteiger partial charge in [-0.15, -0.1) is 0 Å². The summed E-state index contributed by atoms with van der Waals surface area (Å²) in [6, 6.07) is 5.23. The normalized spacial score (nSPS) is 24.8. The second-order valence-corrected chi connectivity index (χ2v) is 16.4. The zero-order chi connectivity index (χ0) is 35.7. The number of amides is 6. The summed E-state index contributed by atoms with van der Waals surface area (Å²) in [5.41, 5.74) is 5.36. The molecule has 0 spiro atoms. The molecule has 1 saturated heterocycles. The number of nitrogens with two attached hydrogens (primary N) is 1. The number of rotatable bonds is 13. The summed E-state index contributed by atoms with van der Waals surface area (Å²) in [6.07, 6.45) is 6.78. The highest BCUT2D eigenvalue weighted by molar-refractivity contribution is 6.37. The van der Waals surface area contributed by atoms with Crippen molar-refractivity contribution in [3.8, 4) is 0 Å². The van der Waals surface area contributed by atoms with E-state index in [0.29, 0.717) is 19.5 Å². The van der Waals surface area contributed by atoms with Crippen LogP contribution in [0.4, 0.5) is 4.79 Å². The summed E-state index contributed by atoms with van der Waals surface area (Å²) in [7, 11) is 0. The van der Waals surface area contributed by atoms with E-state index in [1.807, 2.05) is 51.1 Å². The van der Waals surface area contributed by atoms with Crippen LogP contribution < -0.4 is 27.0 Å². The van der Waals surface area contributed by atoms with Gasteiger partial charge in [0.05, 0.1) is 6.04 Å². The number of carbonyl (C=O) groups excluding carboxylic acids is 6. The Morgan fingerprint density at radius 2 is 1.57 bits per heavy atom. The van der Waals surface area contributed by atoms with Crippen molar-refractivity contribution in [1.82, 2.24) is 26.2 Å². The molecule has 1 aliphatic heterocycles. The first-order valence-corrected chi connectivity index (χ1v) is 17.9. The molecule has 1 aromatic rings. The molecule has 3 aliphatic carbocycles. The average molecular weight is 679 g/mol. The lowest BCUT2D eigenvalue weighted by atomic mass is 9.80. The van der Waals surface area contributed by atoms with E-state index in [2.05, 4.69) is 35.1 Å². The Balaban J connectivity index is 1.30. The molecule has 0 bridgehead atoms. The van der Waals surface area contributed by atoms with Gasteiger partial charge in [0.2, 0.25) is 23.5 Å². The Morgan fingerprint density at radius 3 is 2.14 bits per heavy atom. The fourth-order valence-corrected chi connectivity index (χ4v) is 8.25. The molecule has 4 fully saturated rings. The van der Waals surface area contributed by atoms with E-state index in [1.165, 1.54) is 4.90 Å². The van der Waals surface area contributed by atoms with Gasteiger partial charge in [-0.05, 0) is 59.3 Å². The number of primary amides is 1. The fraction of sp³-hybridized carbons (Fsp3) is 0.676. The lowest BCUT2D eigenvalue weighted by molar-refractivity contribution is -0.145.